The van der Waals surface area contributed by atoms with Crippen LogP contribution in [0.4, 0.5) is 17.1 Å². The fourth-order valence-electron chi connectivity index (χ4n) is 2.34. The minimum atomic E-state index is -0.568. The zero-order valence-corrected chi connectivity index (χ0v) is 13.1. The van der Waals surface area contributed by atoms with Gasteiger partial charge in [0.15, 0.2) is 0 Å². The van der Waals surface area contributed by atoms with E-state index < -0.39 is 10.8 Å². The molecule has 3 aromatic rings. The Morgan fingerprint density at radius 1 is 1.24 bits per heavy atom. The van der Waals surface area contributed by atoms with Crippen molar-refractivity contribution >= 4 is 23.0 Å². The number of nitro groups is 1. The Bertz CT molecular complexity index is 905. The van der Waals surface area contributed by atoms with E-state index in [0.717, 1.165) is 11.6 Å². The molecule has 3 N–H and O–H groups in total. The SMILES string of the molecule is Nc1ccc([N+](=O)[O-])cc1C(=O)Nc1ccc(Cn2ccnc2)cc1. The van der Waals surface area contributed by atoms with Gasteiger partial charge in [-0.1, -0.05) is 12.1 Å². The van der Waals surface area contributed by atoms with Crippen LogP contribution in [0, 0.1) is 10.1 Å². The first-order chi connectivity index (χ1) is 12.0. The summed E-state index contributed by atoms with van der Waals surface area (Å²) < 4.78 is 1.93. The van der Waals surface area contributed by atoms with Crippen molar-refractivity contribution in [3.63, 3.8) is 0 Å². The molecule has 0 atom stereocenters. The standard InChI is InChI=1S/C17H15N5O3/c18-16-6-5-14(22(24)25)9-15(16)17(23)20-13-3-1-12(2-4-13)10-21-8-7-19-11-21/h1-9,11H,10,18H2,(H,20,23). The predicted octanol–water partition coefficient (Wildman–Crippen LogP) is 2.67. The van der Waals surface area contributed by atoms with Gasteiger partial charge in [-0.3, -0.25) is 14.9 Å². The van der Waals surface area contributed by atoms with E-state index in [9.17, 15) is 14.9 Å². The molecule has 1 heterocycles. The zero-order chi connectivity index (χ0) is 17.8. The maximum atomic E-state index is 12.3. The summed E-state index contributed by atoms with van der Waals surface area (Å²) in [5.74, 6) is -0.497. The highest BCUT2D eigenvalue weighted by molar-refractivity contribution is 6.08. The molecule has 3 rings (SSSR count). The van der Waals surface area contributed by atoms with Crippen molar-refractivity contribution in [1.82, 2.24) is 9.55 Å². The van der Waals surface area contributed by atoms with Gasteiger partial charge in [-0.2, -0.15) is 0 Å². The fourth-order valence-corrected chi connectivity index (χ4v) is 2.34. The van der Waals surface area contributed by atoms with Crippen LogP contribution in [0.3, 0.4) is 0 Å². The summed E-state index contributed by atoms with van der Waals surface area (Å²) in [7, 11) is 0. The summed E-state index contributed by atoms with van der Waals surface area (Å²) in [4.78, 5) is 26.6. The van der Waals surface area contributed by atoms with Gasteiger partial charge in [0.25, 0.3) is 11.6 Å². The van der Waals surface area contributed by atoms with E-state index in [1.807, 2.05) is 22.9 Å². The summed E-state index contributed by atoms with van der Waals surface area (Å²) in [6.07, 6.45) is 5.29. The monoisotopic (exact) mass is 337 g/mol. The first-order valence-corrected chi connectivity index (χ1v) is 7.43. The lowest BCUT2D eigenvalue weighted by Crippen LogP contribution is -2.14. The second kappa shape index (κ2) is 6.83. The zero-order valence-electron chi connectivity index (χ0n) is 13.1. The number of nitrogen functional groups attached to an aromatic ring is 1. The van der Waals surface area contributed by atoms with Crippen molar-refractivity contribution < 1.29 is 9.72 Å². The number of nitrogens with zero attached hydrogens (tertiary/aromatic N) is 3. The van der Waals surface area contributed by atoms with E-state index in [2.05, 4.69) is 10.3 Å². The maximum Gasteiger partial charge on any atom is 0.270 e. The van der Waals surface area contributed by atoms with Crippen molar-refractivity contribution in [1.29, 1.82) is 0 Å². The smallest absolute Gasteiger partial charge is 0.270 e. The molecule has 1 aromatic heterocycles. The molecule has 2 aromatic carbocycles. The van der Waals surface area contributed by atoms with Gasteiger partial charge in [-0.05, 0) is 23.8 Å². The minimum Gasteiger partial charge on any atom is -0.398 e. The molecule has 25 heavy (non-hydrogen) atoms. The molecular weight excluding hydrogens is 322 g/mol. The quantitative estimate of drug-likeness (QED) is 0.422. The number of imidazole rings is 1. The van der Waals surface area contributed by atoms with E-state index in [-0.39, 0.29) is 16.9 Å². The van der Waals surface area contributed by atoms with Gasteiger partial charge in [0.2, 0.25) is 0 Å². The minimum absolute atomic E-state index is 0.0664. The van der Waals surface area contributed by atoms with Crippen LogP contribution in [-0.4, -0.2) is 20.4 Å². The Kier molecular flexibility index (Phi) is 4.42. The second-order valence-electron chi connectivity index (χ2n) is 5.41. The molecule has 0 saturated carbocycles. The maximum absolute atomic E-state index is 12.3. The molecule has 0 spiro atoms. The number of carbonyl (C=O) groups is 1. The Morgan fingerprint density at radius 2 is 2.00 bits per heavy atom. The number of nitro benzene ring substituents is 1. The molecule has 0 aliphatic carbocycles. The van der Waals surface area contributed by atoms with Crippen LogP contribution in [0.15, 0.2) is 61.2 Å². The van der Waals surface area contributed by atoms with Crippen molar-refractivity contribution in [2.75, 3.05) is 11.1 Å². The predicted molar refractivity (Wildman–Crippen MR) is 93.2 cm³/mol. The number of hydrogen-bond acceptors (Lipinski definition) is 5. The Morgan fingerprint density at radius 3 is 2.64 bits per heavy atom. The van der Waals surface area contributed by atoms with E-state index in [0.29, 0.717) is 12.2 Å². The molecule has 8 heteroatoms. The van der Waals surface area contributed by atoms with Crippen LogP contribution in [0.1, 0.15) is 15.9 Å². The number of nitrogens with two attached hydrogens (primary N) is 1. The van der Waals surface area contributed by atoms with Crippen molar-refractivity contribution in [3.8, 4) is 0 Å². The molecule has 0 radical (unpaired) electrons. The van der Waals surface area contributed by atoms with Crippen LogP contribution in [0.5, 0.6) is 0 Å². The highest BCUT2D eigenvalue weighted by atomic mass is 16.6. The van der Waals surface area contributed by atoms with Crippen molar-refractivity contribution in [2.24, 2.45) is 0 Å². The first-order valence-electron chi connectivity index (χ1n) is 7.43. The topological polar surface area (TPSA) is 116 Å². The summed E-state index contributed by atoms with van der Waals surface area (Å²) in [6, 6.07) is 11.1. The van der Waals surface area contributed by atoms with E-state index in [4.69, 9.17) is 5.73 Å². The molecular formula is C17H15N5O3. The largest absolute Gasteiger partial charge is 0.398 e. The molecule has 1 amide bonds. The third-order valence-corrected chi connectivity index (χ3v) is 3.63. The summed E-state index contributed by atoms with van der Waals surface area (Å²) in [5.41, 5.74) is 7.43. The average molecular weight is 337 g/mol. The number of carbonyl (C=O) groups excluding carboxylic acids is 1. The molecule has 0 aliphatic rings. The molecule has 0 saturated heterocycles. The van der Waals surface area contributed by atoms with Gasteiger partial charge in [-0.25, -0.2) is 4.98 Å². The van der Waals surface area contributed by atoms with E-state index >= 15 is 0 Å². The van der Waals surface area contributed by atoms with Gasteiger partial charge in [0.05, 0.1) is 16.8 Å². The lowest BCUT2D eigenvalue weighted by atomic mass is 10.1. The summed E-state index contributed by atoms with van der Waals surface area (Å²) in [5, 5.41) is 13.5. The number of rotatable bonds is 5. The van der Waals surface area contributed by atoms with Crippen LogP contribution in [0.2, 0.25) is 0 Å². The Balaban J connectivity index is 1.72. The normalized spacial score (nSPS) is 10.4. The number of aromatic nitrogens is 2. The third kappa shape index (κ3) is 3.81. The van der Waals surface area contributed by atoms with E-state index in [1.165, 1.54) is 12.1 Å². The number of hydrogen-bond donors (Lipinski definition) is 2. The lowest BCUT2D eigenvalue weighted by Gasteiger charge is -2.09. The van der Waals surface area contributed by atoms with Crippen LogP contribution < -0.4 is 11.1 Å². The number of benzene rings is 2. The number of non-ortho nitro benzene ring substituents is 1. The highest BCUT2D eigenvalue weighted by Crippen LogP contribution is 2.21. The van der Waals surface area contributed by atoms with Gasteiger partial charge >= 0.3 is 0 Å². The van der Waals surface area contributed by atoms with Crippen molar-refractivity contribution in [2.45, 2.75) is 6.54 Å². The number of nitrogens with one attached hydrogen (secondary N) is 1. The van der Waals surface area contributed by atoms with Crippen LogP contribution in [0.25, 0.3) is 0 Å². The number of amides is 1. The third-order valence-electron chi connectivity index (χ3n) is 3.63. The highest BCUT2D eigenvalue weighted by Gasteiger charge is 2.15. The van der Waals surface area contributed by atoms with Crippen LogP contribution in [-0.2, 0) is 6.54 Å². The lowest BCUT2D eigenvalue weighted by molar-refractivity contribution is -0.384. The van der Waals surface area contributed by atoms with Gasteiger partial charge < -0.3 is 15.6 Å². The molecule has 0 bridgehead atoms. The second-order valence-corrected chi connectivity index (χ2v) is 5.41. The molecule has 0 aliphatic heterocycles. The molecule has 0 unspecified atom stereocenters. The van der Waals surface area contributed by atoms with Gasteiger partial charge in [0.1, 0.15) is 0 Å². The molecule has 8 nitrogen and oxygen atoms in total. The fraction of sp³-hybridized carbons (Fsp3) is 0.0588. The van der Waals surface area contributed by atoms with Gasteiger partial charge in [-0.15, -0.1) is 0 Å². The Labute approximate surface area is 143 Å². The summed E-state index contributed by atoms with van der Waals surface area (Å²) >= 11 is 0. The molecule has 0 fully saturated rings. The van der Waals surface area contributed by atoms with Crippen LogP contribution >= 0.6 is 0 Å². The Hall–Kier alpha value is -3.68. The van der Waals surface area contributed by atoms with Gasteiger partial charge in [0, 0.05) is 42.4 Å². The average Bonchev–Trinajstić information content (AvgIpc) is 3.09. The summed E-state index contributed by atoms with van der Waals surface area (Å²) in [6.45, 7) is 0.673. The number of anilines is 2. The van der Waals surface area contributed by atoms with Crippen molar-refractivity contribution in [3.05, 3.63) is 82.4 Å². The van der Waals surface area contributed by atoms with E-state index in [1.54, 1.807) is 24.7 Å². The first kappa shape index (κ1) is 16.2. The molecule has 126 valence electrons.